The van der Waals surface area contributed by atoms with E-state index >= 15 is 0 Å². The number of hydrogen-bond donors (Lipinski definition) is 1. The number of nitrogens with one attached hydrogen (secondary N) is 1. The number of aromatic amines is 1. The van der Waals surface area contributed by atoms with Crippen molar-refractivity contribution in [1.82, 2.24) is 20.2 Å². The molecule has 0 saturated heterocycles. The topological polar surface area (TPSA) is 94.2 Å². The largest absolute Gasteiger partial charge is 0.269 e. The van der Waals surface area contributed by atoms with Gasteiger partial charge in [-0.15, -0.1) is 0 Å². The molecule has 3 unspecified atom stereocenters. The van der Waals surface area contributed by atoms with Gasteiger partial charge in [-0.2, -0.15) is 10.2 Å². The van der Waals surface area contributed by atoms with Gasteiger partial charge >= 0.3 is 0 Å². The highest BCUT2D eigenvalue weighted by atomic mass is 79.9. The van der Waals surface area contributed by atoms with E-state index in [0.717, 1.165) is 44.5 Å². The van der Waals surface area contributed by atoms with Crippen LogP contribution >= 0.6 is 27.7 Å². The Labute approximate surface area is 170 Å². The Morgan fingerprint density at radius 3 is 2.85 bits per heavy atom. The molecule has 10 heteroatoms. The predicted octanol–water partition coefficient (Wildman–Crippen LogP) is 3.00. The summed E-state index contributed by atoms with van der Waals surface area (Å²) in [6, 6.07) is 0.309. The third-order valence-electron chi connectivity index (χ3n) is 4.94. The van der Waals surface area contributed by atoms with E-state index in [-0.39, 0.29) is 12.2 Å². The molecule has 0 bridgehead atoms. The fourth-order valence-corrected chi connectivity index (χ4v) is 5.02. The Morgan fingerprint density at radius 2 is 2.19 bits per heavy atom. The fraction of sp³-hybridized carbons (Fsp3) is 0.529. The summed E-state index contributed by atoms with van der Waals surface area (Å²) in [5.74, 6) is 1.42. The van der Waals surface area contributed by atoms with E-state index in [1.54, 1.807) is 11.8 Å². The van der Waals surface area contributed by atoms with Crippen LogP contribution in [0.1, 0.15) is 39.9 Å². The number of halogens is 1. The molecule has 0 aliphatic carbocycles. The molecule has 0 radical (unpaired) electrons. The standard InChI is InChI=1S/C17H21BrN8S/c1-5-8(2)26-16-13(10(4)25-26)22-12(9(3)21-16)11-6-27-17(23-14(11)18)15-19-7-20-24-15/h7-8,13,16H,5-6H2,1-4H3,(H,19,20,24). The van der Waals surface area contributed by atoms with E-state index in [1.807, 2.05) is 13.8 Å². The van der Waals surface area contributed by atoms with Crippen LogP contribution in [-0.2, 0) is 0 Å². The van der Waals surface area contributed by atoms with Gasteiger partial charge in [0.15, 0.2) is 12.0 Å². The Hall–Kier alpha value is -1.81. The highest BCUT2D eigenvalue weighted by Gasteiger charge is 2.40. The molecule has 3 aliphatic rings. The zero-order valence-corrected chi connectivity index (χ0v) is 18.0. The van der Waals surface area contributed by atoms with Gasteiger partial charge in [-0.25, -0.2) is 9.98 Å². The highest BCUT2D eigenvalue weighted by Crippen LogP contribution is 2.33. The Bertz CT molecular complexity index is 898. The lowest BCUT2D eigenvalue weighted by molar-refractivity contribution is 0.164. The highest BCUT2D eigenvalue weighted by molar-refractivity contribution is 9.11. The summed E-state index contributed by atoms with van der Waals surface area (Å²) in [5, 5.41) is 14.4. The van der Waals surface area contributed by atoms with Gasteiger partial charge in [0.2, 0.25) is 0 Å². The Kier molecular flexibility index (Phi) is 5.02. The number of fused-ring (bicyclic) bond motifs is 1. The first-order valence-electron chi connectivity index (χ1n) is 8.91. The monoisotopic (exact) mass is 448 g/mol. The molecule has 4 heterocycles. The summed E-state index contributed by atoms with van der Waals surface area (Å²) in [4.78, 5) is 18.8. The van der Waals surface area contributed by atoms with Gasteiger partial charge in [0, 0.05) is 17.4 Å². The van der Waals surface area contributed by atoms with Crippen molar-refractivity contribution in [1.29, 1.82) is 0 Å². The quantitative estimate of drug-likeness (QED) is 0.715. The number of nitrogens with zero attached hydrogens (tertiary/aromatic N) is 7. The number of hydrogen-bond acceptors (Lipinski definition) is 8. The summed E-state index contributed by atoms with van der Waals surface area (Å²) in [6.45, 7) is 8.41. The maximum Gasteiger partial charge on any atom is 0.180 e. The molecule has 1 N–H and O–H groups in total. The summed E-state index contributed by atoms with van der Waals surface area (Å²) in [7, 11) is 0. The van der Waals surface area contributed by atoms with E-state index in [4.69, 9.17) is 15.1 Å². The van der Waals surface area contributed by atoms with E-state index in [9.17, 15) is 0 Å². The summed E-state index contributed by atoms with van der Waals surface area (Å²) < 4.78 is 0.769. The van der Waals surface area contributed by atoms with Gasteiger partial charge in [0.1, 0.15) is 22.0 Å². The van der Waals surface area contributed by atoms with Gasteiger partial charge < -0.3 is 0 Å². The number of aromatic nitrogens is 3. The lowest BCUT2D eigenvalue weighted by atomic mass is 10.0. The third kappa shape index (κ3) is 3.29. The summed E-state index contributed by atoms with van der Waals surface area (Å²) in [6.07, 6.45) is 2.48. The van der Waals surface area contributed by atoms with Crippen molar-refractivity contribution in [3.05, 3.63) is 22.3 Å². The van der Waals surface area contributed by atoms with Gasteiger partial charge in [0.05, 0.1) is 17.1 Å². The van der Waals surface area contributed by atoms with Crippen molar-refractivity contribution in [2.75, 3.05) is 5.75 Å². The molecule has 1 aromatic heterocycles. The molecule has 8 nitrogen and oxygen atoms in total. The Morgan fingerprint density at radius 1 is 1.37 bits per heavy atom. The van der Waals surface area contributed by atoms with Gasteiger partial charge in [0.25, 0.3) is 0 Å². The number of rotatable bonds is 4. The van der Waals surface area contributed by atoms with Crippen LogP contribution in [0, 0.1) is 0 Å². The first kappa shape index (κ1) is 18.5. The zero-order valence-electron chi connectivity index (χ0n) is 15.6. The number of H-pyrrole nitrogens is 1. The molecule has 27 heavy (non-hydrogen) atoms. The second-order valence-electron chi connectivity index (χ2n) is 6.74. The van der Waals surface area contributed by atoms with Gasteiger partial charge in [-0.05, 0) is 43.1 Å². The van der Waals surface area contributed by atoms with Crippen molar-refractivity contribution in [2.24, 2.45) is 20.1 Å². The maximum absolute atomic E-state index is 5.04. The molecular formula is C17H21BrN8S. The predicted molar refractivity (Wildman–Crippen MR) is 114 cm³/mol. The minimum Gasteiger partial charge on any atom is -0.269 e. The molecule has 0 amide bonds. The molecule has 1 aromatic rings. The van der Waals surface area contributed by atoms with Crippen molar-refractivity contribution in [2.45, 2.75) is 52.4 Å². The van der Waals surface area contributed by atoms with Crippen molar-refractivity contribution in [3.63, 3.8) is 0 Å². The molecule has 3 aliphatic heterocycles. The molecular weight excluding hydrogens is 428 g/mol. The fourth-order valence-electron chi connectivity index (χ4n) is 3.27. The minimum absolute atomic E-state index is 0.0323. The lowest BCUT2D eigenvalue weighted by Crippen LogP contribution is -2.43. The first-order chi connectivity index (χ1) is 13.0. The van der Waals surface area contributed by atoms with E-state index in [0.29, 0.717) is 11.9 Å². The molecule has 0 spiro atoms. The van der Waals surface area contributed by atoms with Crippen LogP contribution in [0.15, 0.2) is 36.6 Å². The van der Waals surface area contributed by atoms with Crippen LogP contribution in [0.3, 0.4) is 0 Å². The number of hydrazone groups is 1. The second kappa shape index (κ2) is 7.31. The molecule has 3 atom stereocenters. The molecule has 4 rings (SSSR count). The molecule has 0 saturated carbocycles. The number of thioether (sulfide) groups is 1. The van der Waals surface area contributed by atoms with Crippen molar-refractivity contribution in [3.8, 4) is 0 Å². The SMILES string of the molecule is CCC(C)N1N=C(C)C2N=C(C3=C(Br)N=C(c4ncn[nH]4)SC3)C(C)=NC21. The molecule has 142 valence electrons. The van der Waals surface area contributed by atoms with Crippen LogP contribution in [0.5, 0.6) is 0 Å². The van der Waals surface area contributed by atoms with Gasteiger partial charge in [-0.3, -0.25) is 20.1 Å². The molecule has 0 fully saturated rings. The van der Waals surface area contributed by atoms with Crippen LogP contribution in [-0.4, -0.2) is 66.4 Å². The Balaban J connectivity index is 1.66. The van der Waals surface area contributed by atoms with Crippen LogP contribution in [0.4, 0.5) is 0 Å². The van der Waals surface area contributed by atoms with E-state index in [2.05, 4.69) is 55.0 Å². The smallest absolute Gasteiger partial charge is 0.180 e. The minimum atomic E-state index is -0.0347. The normalized spacial score (nSPS) is 26.3. The average Bonchev–Trinajstić information content (AvgIpc) is 3.29. The first-order valence-corrected chi connectivity index (χ1v) is 10.7. The van der Waals surface area contributed by atoms with E-state index < -0.39 is 0 Å². The van der Waals surface area contributed by atoms with Crippen LogP contribution in [0.2, 0.25) is 0 Å². The lowest BCUT2D eigenvalue weighted by Gasteiger charge is -2.31. The average molecular weight is 449 g/mol. The van der Waals surface area contributed by atoms with Crippen LogP contribution < -0.4 is 0 Å². The second-order valence-corrected chi connectivity index (χ2v) is 8.45. The summed E-state index contributed by atoms with van der Waals surface area (Å²) in [5.41, 5.74) is 3.91. The molecule has 0 aromatic carbocycles. The number of aliphatic imine (C=N–C) groups is 3. The zero-order chi connectivity index (χ0) is 19.1. The van der Waals surface area contributed by atoms with E-state index in [1.165, 1.54) is 6.33 Å². The maximum atomic E-state index is 5.04. The van der Waals surface area contributed by atoms with Crippen molar-refractivity contribution < 1.29 is 0 Å². The van der Waals surface area contributed by atoms with Gasteiger partial charge in [-0.1, -0.05) is 18.7 Å². The third-order valence-corrected chi connectivity index (χ3v) is 6.59. The van der Waals surface area contributed by atoms with Crippen LogP contribution in [0.25, 0.3) is 0 Å². The summed E-state index contributed by atoms with van der Waals surface area (Å²) >= 11 is 5.23. The van der Waals surface area contributed by atoms with Crippen molar-refractivity contribution >= 4 is 49.9 Å².